The molecule has 0 spiro atoms. The summed E-state index contributed by atoms with van der Waals surface area (Å²) in [5.74, 6) is -0.815. The number of carbonyl (C=O) groups is 1. The first kappa shape index (κ1) is 16.8. The number of carboxylic acid groups (broad SMARTS) is 1. The molecule has 0 aromatic heterocycles. The molecule has 0 amide bonds. The summed E-state index contributed by atoms with van der Waals surface area (Å²) in [6.07, 6.45) is 3.55. The van der Waals surface area contributed by atoms with Gasteiger partial charge >= 0.3 is 5.97 Å². The highest BCUT2D eigenvalue weighted by Crippen LogP contribution is 1.85. The fourth-order valence-electron chi connectivity index (χ4n) is 0.392. The maximum atomic E-state index is 10.6. The van der Waals surface area contributed by atoms with Gasteiger partial charge in [0.05, 0.1) is 10.8 Å². The summed E-state index contributed by atoms with van der Waals surface area (Å²) in [6.45, 7) is 3.70. The molecule has 0 aliphatic carbocycles. The van der Waals surface area contributed by atoms with Crippen LogP contribution in [0.2, 0.25) is 0 Å². The summed E-state index contributed by atoms with van der Waals surface area (Å²) in [6, 6.07) is -0.816. The van der Waals surface area contributed by atoms with Crippen LogP contribution < -0.4 is 5.73 Å². The van der Waals surface area contributed by atoms with Crippen LogP contribution in [-0.2, 0) is 15.6 Å². The summed E-state index contributed by atoms with van der Waals surface area (Å²) >= 11 is 3.65. The minimum Gasteiger partial charge on any atom is -0.480 e. The quantitative estimate of drug-likeness (QED) is 0.654. The molecule has 6 heteroatoms. The maximum Gasteiger partial charge on any atom is 0.321 e. The Morgan fingerprint density at radius 1 is 1.47 bits per heavy atom. The second-order valence-electron chi connectivity index (χ2n) is 2.39. The third-order valence-electron chi connectivity index (χ3n) is 1.05. The van der Waals surface area contributed by atoms with Crippen molar-refractivity contribution in [2.45, 2.75) is 19.9 Å². The molecule has 0 rings (SSSR count). The Hall–Kier alpha value is -0.590. The second kappa shape index (κ2) is 11.5. The molecule has 15 heavy (non-hydrogen) atoms. The van der Waals surface area contributed by atoms with Gasteiger partial charge in [-0.05, 0) is 13.8 Å². The van der Waals surface area contributed by atoms with E-state index in [2.05, 4.69) is 12.6 Å². The molecule has 0 aromatic carbocycles. The van der Waals surface area contributed by atoms with Crippen molar-refractivity contribution in [1.29, 1.82) is 0 Å². The summed E-state index contributed by atoms with van der Waals surface area (Å²) < 4.78 is 10.6. The summed E-state index contributed by atoms with van der Waals surface area (Å²) in [7, 11) is -0.881. The molecule has 0 fully saturated rings. The maximum absolute atomic E-state index is 10.6. The largest absolute Gasteiger partial charge is 0.480 e. The molecule has 88 valence electrons. The van der Waals surface area contributed by atoms with Gasteiger partial charge in [0.2, 0.25) is 0 Å². The van der Waals surface area contributed by atoms with E-state index in [0.717, 1.165) is 0 Å². The number of hydrogen-bond donors (Lipinski definition) is 3. The van der Waals surface area contributed by atoms with E-state index >= 15 is 0 Å². The Labute approximate surface area is 98.1 Å². The Morgan fingerprint density at radius 3 is 2.00 bits per heavy atom. The minimum atomic E-state index is -1.00. The van der Waals surface area contributed by atoms with Crippen LogP contribution in [0, 0.1) is 0 Å². The zero-order valence-electron chi connectivity index (χ0n) is 8.79. The van der Waals surface area contributed by atoms with Gasteiger partial charge < -0.3 is 10.8 Å². The van der Waals surface area contributed by atoms with E-state index in [1.165, 1.54) is 0 Å². The third kappa shape index (κ3) is 13.4. The molecular formula is C9H17NO3S2. The lowest BCUT2D eigenvalue weighted by molar-refractivity contribution is -0.137. The van der Waals surface area contributed by atoms with E-state index in [1.807, 2.05) is 13.8 Å². The van der Waals surface area contributed by atoms with E-state index in [1.54, 1.807) is 23.0 Å². The van der Waals surface area contributed by atoms with Gasteiger partial charge in [0.15, 0.2) is 0 Å². The zero-order chi connectivity index (χ0) is 12.3. The van der Waals surface area contributed by atoms with Crippen LogP contribution in [0.5, 0.6) is 0 Å². The first-order chi connectivity index (χ1) is 6.99. The lowest BCUT2D eigenvalue weighted by Gasteiger charge is -1.96. The molecule has 1 atom stereocenters. The van der Waals surface area contributed by atoms with Gasteiger partial charge in [0, 0.05) is 16.6 Å². The van der Waals surface area contributed by atoms with Crippen molar-refractivity contribution in [1.82, 2.24) is 0 Å². The predicted molar refractivity (Wildman–Crippen MR) is 67.2 cm³/mol. The normalized spacial score (nSPS) is 12.9. The van der Waals surface area contributed by atoms with Gasteiger partial charge in [-0.1, -0.05) is 12.2 Å². The van der Waals surface area contributed by atoms with E-state index in [9.17, 15) is 9.00 Å². The number of hydrogen-bond acceptors (Lipinski definition) is 4. The predicted octanol–water partition coefficient (Wildman–Crippen LogP) is 1.13. The number of thiol groups is 1. The molecule has 0 saturated heterocycles. The van der Waals surface area contributed by atoms with Crippen molar-refractivity contribution in [3.63, 3.8) is 0 Å². The standard InChI is InChI=1S/C6H10OS.C3H7NO2S/c1-3-5-8(7)6-4-2;4-2(1-7)3(5)6/h3-6H,1-2H3;2,7H,1,4H2,(H,5,6)/b5-3-,6-4-;. The minimum absolute atomic E-state index is 0.190. The Balaban J connectivity index is 0. The Morgan fingerprint density at radius 2 is 1.87 bits per heavy atom. The van der Waals surface area contributed by atoms with E-state index < -0.39 is 22.8 Å². The number of rotatable bonds is 4. The molecule has 4 nitrogen and oxygen atoms in total. The second-order valence-corrected chi connectivity index (χ2v) is 3.96. The molecule has 0 radical (unpaired) electrons. The van der Waals surface area contributed by atoms with E-state index in [4.69, 9.17) is 10.8 Å². The SMILES string of the molecule is C/C=C\S(=O)/C=C\C.NC(CS)C(=O)O. The number of aliphatic carboxylic acids is 1. The lowest BCUT2D eigenvalue weighted by Crippen LogP contribution is -2.31. The monoisotopic (exact) mass is 251 g/mol. The third-order valence-corrected chi connectivity index (χ3v) is 2.53. The van der Waals surface area contributed by atoms with Crippen LogP contribution in [-0.4, -0.2) is 27.1 Å². The van der Waals surface area contributed by atoms with E-state index in [-0.39, 0.29) is 5.75 Å². The van der Waals surface area contributed by atoms with Crippen LogP contribution in [0.4, 0.5) is 0 Å². The van der Waals surface area contributed by atoms with Crippen molar-refractivity contribution in [2.75, 3.05) is 5.75 Å². The average Bonchev–Trinajstić information content (AvgIpc) is 2.18. The van der Waals surface area contributed by atoms with Crippen molar-refractivity contribution in [2.24, 2.45) is 5.73 Å². The van der Waals surface area contributed by atoms with Crippen LogP contribution in [0.1, 0.15) is 13.8 Å². The van der Waals surface area contributed by atoms with Gasteiger partial charge in [-0.25, -0.2) is 0 Å². The highest BCUT2D eigenvalue weighted by molar-refractivity contribution is 7.90. The summed E-state index contributed by atoms with van der Waals surface area (Å²) in [4.78, 5) is 9.76. The molecule has 0 aliphatic heterocycles. The first-order valence-electron chi connectivity index (χ1n) is 4.23. The van der Waals surface area contributed by atoms with Gasteiger partial charge in [0.1, 0.15) is 6.04 Å². The average molecular weight is 251 g/mol. The first-order valence-corrected chi connectivity index (χ1v) is 6.14. The molecule has 0 aliphatic rings. The van der Waals surface area contributed by atoms with E-state index in [0.29, 0.717) is 0 Å². The lowest BCUT2D eigenvalue weighted by atomic mass is 10.4. The van der Waals surface area contributed by atoms with Crippen LogP contribution in [0.15, 0.2) is 23.0 Å². The summed E-state index contributed by atoms with van der Waals surface area (Å²) in [5, 5.41) is 11.3. The van der Waals surface area contributed by atoms with Crippen LogP contribution in [0.3, 0.4) is 0 Å². The molecule has 0 heterocycles. The van der Waals surface area contributed by atoms with Gasteiger partial charge in [-0.3, -0.25) is 9.00 Å². The number of allylic oxidation sites excluding steroid dienone is 2. The topological polar surface area (TPSA) is 80.4 Å². The van der Waals surface area contributed by atoms with Crippen LogP contribution >= 0.6 is 12.6 Å². The molecule has 0 saturated carbocycles. The fourth-order valence-corrected chi connectivity index (χ4v) is 1.18. The zero-order valence-corrected chi connectivity index (χ0v) is 10.5. The van der Waals surface area contributed by atoms with Gasteiger partial charge in [0.25, 0.3) is 0 Å². The molecule has 1 unspecified atom stereocenters. The van der Waals surface area contributed by atoms with Crippen molar-refractivity contribution < 1.29 is 14.1 Å². The highest BCUT2D eigenvalue weighted by Gasteiger charge is 2.06. The number of carboxylic acids is 1. The smallest absolute Gasteiger partial charge is 0.321 e. The molecule has 0 aromatic rings. The number of nitrogens with two attached hydrogens (primary N) is 1. The Kier molecular flexibility index (Phi) is 12.9. The fraction of sp³-hybridized carbons (Fsp3) is 0.444. The van der Waals surface area contributed by atoms with Crippen molar-refractivity contribution in [3.05, 3.63) is 23.0 Å². The van der Waals surface area contributed by atoms with Crippen LogP contribution in [0.25, 0.3) is 0 Å². The Bertz CT molecular complexity index is 238. The van der Waals surface area contributed by atoms with Gasteiger partial charge in [-0.2, -0.15) is 12.6 Å². The van der Waals surface area contributed by atoms with Crippen molar-refractivity contribution >= 4 is 29.4 Å². The molecule has 3 N–H and O–H groups in total. The highest BCUT2D eigenvalue weighted by atomic mass is 32.2. The van der Waals surface area contributed by atoms with Crippen molar-refractivity contribution in [3.8, 4) is 0 Å². The summed E-state index contributed by atoms with van der Waals surface area (Å²) in [5.41, 5.74) is 4.94. The molecular weight excluding hydrogens is 234 g/mol. The van der Waals surface area contributed by atoms with Gasteiger partial charge in [-0.15, -0.1) is 0 Å². The molecule has 0 bridgehead atoms.